The summed E-state index contributed by atoms with van der Waals surface area (Å²) >= 11 is 0. The molecule has 0 spiro atoms. The zero-order valence-corrected chi connectivity index (χ0v) is 13.5. The van der Waals surface area contributed by atoms with Gasteiger partial charge in [0.15, 0.2) is 0 Å². The SMILES string of the molecule is N#Cc1ccc(CN2CCC([C@@H](O)C(=O)NC3CC3)CC2)c(F)c1. The maximum absolute atomic E-state index is 14.0. The highest BCUT2D eigenvalue weighted by atomic mass is 19.1. The van der Waals surface area contributed by atoms with E-state index in [0.717, 1.165) is 38.8 Å². The second-order valence-electron chi connectivity index (χ2n) is 6.76. The Kier molecular flexibility index (Phi) is 5.12. The minimum absolute atomic E-state index is 0.0363. The molecule has 1 aromatic carbocycles. The van der Waals surface area contributed by atoms with E-state index in [1.165, 1.54) is 6.07 Å². The lowest BCUT2D eigenvalue weighted by Gasteiger charge is -2.33. The van der Waals surface area contributed by atoms with E-state index < -0.39 is 6.10 Å². The van der Waals surface area contributed by atoms with Crippen molar-refractivity contribution in [2.45, 2.75) is 44.4 Å². The van der Waals surface area contributed by atoms with Crippen molar-refractivity contribution >= 4 is 5.91 Å². The van der Waals surface area contributed by atoms with Crippen molar-refractivity contribution in [3.05, 3.63) is 35.1 Å². The standard InChI is InChI=1S/C18H22FN3O2/c19-16-9-12(10-20)1-2-14(16)11-22-7-5-13(6-8-22)17(23)18(24)21-15-3-4-15/h1-2,9,13,15,17,23H,3-8,11H2,(H,21,24)/t17-/m1/s1. The maximum atomic E-state index is 14.0. The van der Waals surface area contributed by atoms with E-state index in [1.807, 2.05) is 6.07 Å². The Morgan fingerprint density at radius 3 is 2.67 bits per heavy atom. The molecule has 1 saturated carbocycles. The summed E-state index contributed by atoms with van der Waals surface area (Å²) in [5.41, 5.74) is 0.888. The molecule has 1 aliphatic carbocycles. The predicted octanol–water partition coefficient (Wildman–Crippen LogP) is 1.55. The molecule has 0 aromatic heterocycles. The van der Waals surface area contributed by atoms with Gasteiger partial charge in [0.05, 0.1) is 11.6 Å². The minimum atomic E-state index is -0.945. The number of carbonyl (C=O) groups excluding carboxylic acids is 1. The Morgan fingerprint density at radius 1 is 1.38 bits per heavy atom. The monoisotopic (exact) mass is 331 g/mol. The summed E-state index contributed by atoms with van der Waals surface area (Å²) in [6.45, 7) is 1.92. The second kappa shape index (κ2) is 7.29. The van der Waals surface area contributed by atoms with E-state index in [1.54, 1.807) is 12.1 Å². The van der Waals surface area contributed by atoms with Gasteiger partial charge in [0.25, 0.3) is 0 Å². The van der Waals surface area contributed by atoms with Crippen LogP contribution in [0, 0.1) is 23.1 Å². The summed E-state index contributed by atoms with van der Waals surface area (Å²) in [6, 6.07) is 6.71. The van der Waals surface area contributed by atoms with E-state index in [9.17, 15) is 14.3 Å². The average Bonchev–Trinajstić information content (AvgIpc) is 3.40. The molecule has 1 aromatic rings. The number of amides is 1. The van der Waals surface area contributed by atoms with Gasteiger partial charge in [-0.3, -0.25) is 9.69 Å². The molecule has 5 nitrogen and oxygen atoms in total. The Balaban J connectivity index is 1.49. The Hall–Kier alpha value is -1.97. The number of halogens is 1. The molecule has 1 atom stereocenters. The number of hydrogen-bond donors (Lipinski definition) is 2. The van der Waals surface area contributed by atoms with Crippen LogP contribution in [0.3, 0.4) is 0 Å². The normalized spacial score (nSPS) is 20.4. The van der Waals surface area contributed by atoms with Gasteiger partial charge in [-0.2, -0.15) is 5.26 Å². The highest BCUT2D eigenvalue weighted by Crippen LogP contribution is 2.24. The largest absolute Gasteiger partial charge is 0.383 e. The van der Waals surface area contributed by atoms with E-state index in [-0.39, 0.29) is 23.7 Å². The van der Waals surface area contributed by atoms with Crippen molar-refractivity contribution in [1.82, 2.24) is 10.2 Å². The smallest absolute Gasteiger partial charge is 0.249 e. The molecule has 1 aliphatic heterocycles. The highest BCUT2D eigenvalue weighted by molar-refractivity contribution is 5.81. The Labute approximate surface area is 141 Å². The highest BCUT2D eigenvalue weighted by Gasteiger charge is 2.33. The number of hydrogen-bond acceptors (Lipinski definition) is 4. The third kappa shape index (κ3) is 4.11. The lowest BCUT2D eigenvalue weighted by atomic mass is 9.90. The zero-order chi connectivity index (χ0) is 17.1. The predicted molar refractivity (Wildman–Crippen MR) is 86.3 cm³/mol. The van der Waals surface area contributed by atoms with Gasteiger partial charge in [0, 0.05) is 18.2 Å². The van der Waals surface area contributed by atoms with Gasteiger partial charge in [0.2, 0.25) is 5.91 Å². The van der Waals surface area contributed by atoms with Gasteiger partial charge in [-0.15, -0.1) is 0 Å². The average molecular weight is 331 g/mol. The maximum Gasteiger partial charge on any atom is 0.249 e. The van der Waals surface area contributed by atoms with Crippen molar-refractivity contribution in [3.8, 4) is 6.07 Å². The molecule has 1 heterocycles. The van der Waals surface area contributed by atoms with Gasteiger partial charge in [-0.1, -0.05) is 6.07 Å². The van der Waals surface area contributed by atoms with Gasteiger partial charge in [0.1, 0.15) is 11.9 Å². The molecule has 0 bridgehead atoms. The van der Waals surface area contributed by atoms with E-state index in [2.05, 4.69) is 10.2 Å². The number of nitrogens with zero attached hydrogens (tertiary/aromatic N) is 2. The third-order valence-electron chi connectivity index (χ3n) is 4.85. The van der Waals surface area contributed by atoms with Crippen LogP contribution in [-0.4, -0.2) is 41.1 Å². The summed E-state index contributed by atoms with van der Waals surface area (Å²) in [6.07, 6.45) is 2.51. The quantitative estimate of drug-likeness (QED) is 0.858. The molecule has 2 N–H and O–H groups in total. The van der Waals surface area contributed by atoms with Crippen molar-refractivity contribution < 1.29 is 14.3 Å². The van der Waals surface area contributed by atoms with E-state index in [0.29, 0.717) is 17.7 Å². The number of carbonyl (C=O) groups is 1. The number of aliphatic hydroxyl groups is 1. The van der Waals surface area contributed by atoms with Crippen LogP contribution in [-0.2, 0) is 11.3 Å². The fourth-order valence-electron chi connectivity index (χ4n) is 3.14. The van der Waals surface area contributed by atoms with E-state index in [4.69, 9.17) is 5.26 Å². The topological polar surface area (TPSA) is 76.4 Å². The number of likely N-dealkylation sites (tertiary alicyclic amines) is 1. The fraction of sp³-hybridized carbons (Fsp3) is 0.556. The number of rotatable bonds is 5. The van der Waals surface area contributed by atoms with Crippen LogP contribution in [0.5, 0.6) is 0 Å². The lowest BCUT2D eigenvalue weighted by Crippen LogP contribution is -2.45. The molecule has 128 valence electrons. The molecule has 6 heteroatoms. The minimum Gasteiger partial charge on any atom is -0.383 e. The summed E-state index contributed by atoms with van der Waals surface area (Å²) in [7, 11) is 0. The summed E-state index contributed by atoms with van der Waals surface area (Å²) < 4.78 is 14.0. The van der Waals surface area contributed by atoms with Crippen molar-refractivity contribution in [2.24, 2.45) is 5.92 Å². The molecular weight excluding hydrogens is 309 g/mol. The molecule has 3 rings (SSSR count). The first-order valence-electron chi connectivity index (χ1n) is 8.46. The number of nitriles is 1. The van der Waals surface area contributed by atoms with Gasteiger partial charge < -0.3 is 10.4 Å². The Morgan fingerprint density at radius 2 is 2.08 bits per heavy atom. The number of benzene rings is 1. The molecule has 24 heavy (non-hydrogen) atoms. The van der Waals surface area contributed by atoms with Crippen molar-refractivity contribution in [1.29, 1.82) is 5.26 Å². The first kappa shape index (κ1) is 16.9. The second-order valence-corrected chi connectivity index (χ2v) is 6.76. The number of aliphatic hydroxyl groups excluding tert-OH is 1. The molecule has 0 radical (unpaired) electrons. The van der Waals surface area contributed by atoms with Crippen LogP contribution >= 0.6 is 0 Å². The van der Waals surface area contributed by atoms with Crippen molar-refractivity contribution in [3.63, 3.8) is 0 Å². The van der Waals surface area contributed by atoms with Crippen LogP contribution in [0.1, 0.15) is 36.8 Å². The summed E-state index contributed by atoms with van der Waals surface area (Å²) in [5.74, 6) is -0.653. The summed E-state index contributed by atoms with van der Waals surface area (Å²) in [4.78, 5) is 14.0. The number of nitrogens with one attached hydrogen (secondary N) is 1. The number of piperidine rings is 1. The molecule has 1 amide bonds. The zero-order valence-electron chi connectivity index (χ0n) is 13.5. The van der Waals surface area contributed by atoms with Gasteiger partial charge >= 0.3 is 0 Å². The Bertz CT molecular complexity index is 646. The third-order valence-corrected chi connectivity index (χ3v) is 4.85. The molecule has 2 fully saturated rings. The molecule has 2 aliphatic rings. The van der Waals surface area contributed by atoms with E-state index >= 15 is 0 Å². The van der Waals surface area contributed by atoms with Crippen LogP contribution in [0.15, 0.2) is 18.2 Å². The fourth-order valence-corrected chi connectivity index (χ4v) is 3.14. The van der Waals surface area contributed by atoms with Gasteiger partial charge in [-0.05, 0) is 56.8 Å². The van der Waals surface area contributed by atoms with Crippen molar-refractivity contribution in [2.75, 3.05) is 13.1 Å². The molecule has 1 saturated heterocycles. The van der Waals surface area contributed by atoms with Crippen LogP contribution in [0.25, 0.3) is 0 Å². The lowest BCUT2D eigenvalue weighted by molar-refractivity contribution is -0.133. The summed E-state index contributed by atoms with van der Waals surface area (Å²) in [5, 5.41) is 21.8. The first-order chi connectivity index (χ1) is 11.6. The van der Waals surface area contributed by atoms with Crippen LogP contribution in [0.4, 0.5) is 4.39 Å². The molecule has 0 unspecified atom stereocenters. The van der Waals surface area contributed by atoms with Crippen LogP contribution < -0.4 is 5.32 Å². The molecular formula is C18H22FN3O2. The van der Waals surface area contributed by atoms with Crippen LogP contribution in [0.2, 0.25) is 0 Å². The first-order valence-corrected chi connectivity index (χ1v) is 8.46. The van der Waals surface area contributed by atoms with Gasteiger partial charge in [-0.25, -0.2) is 4.39 Å².